The molecule has 2 unspecified atom stereocenters. The first-order valence-electron chi connectivity index (χ1n) is 14.3. The molecule has 0 saturated carbocycles. The molecule has 2 aliphatic carbocycles. The van der Waals surface area contributed by atoms with Gasteiger partial charge in [-0.1, -0.05) is 72.8 Å². The highest BCUT2D eigenvalue weighted by Gasteiger charge is 2.20. The minimum Gasteiger partial charge on any atom is -0.313 e. The van der Waals surface area contributed by atoms with Gasteiger partial charge in [-0.05, 0) is 59.7 Å². The van der Waals surface area contributed by atoms with Crippen molar-refractivity contribution in [3.8, 4) is 23.3 Å². The van der Waals surface area contributed by atoms with Crippen LogP contribution in [-0.4, -0.2) is 9.13 Å². The van der Waals surface area contributed by atoms with Crippen LogP contribution in [0, 0.1) is 34.5 Å². The van der Waals surface area contributed by atoms with Gasteiger partial charge in [0.1, 0.15) is 0 Å². The number of hydrogen-bond acceptors (Lipinski definition) is 2. The summed E-state index contributed by atoms with van der Waals surface area (Å²) in [6.45, 7) is 0. The van der Waals surface area contributed by atoms with Gasteiger partial charge in [0.05, 0.1) is 46.0 Å². The van der Waals surface area contributed by atoms with Gasteiger partial charge in [-0.3, -0.25) is 0 Å². The predicted octanol–water partition coefficient (Wildman–Crippen LogP) is 9.45. The molecule has 2 aromatic heterocycles. The van der Waals surface area contributed by atoms with Crippen molar-refractivity contribution in [2.45, 2.75) is 12.8 Å². The molecule has 0 N–H and O–H groups in total. The Labute approximate surface area is 243 Å². The van der Waals surface area contributed by atoms with Crippen molar-refractivity contribution < 1.29 is 0 Å². The third kappa shape index (κ3) is 3.66. The largest absolute Gasteiger partial charge is 0.313 e. The van der Waals surface area contributed by atoms with Crippen LogP contribution in [0.1, 0.15) is 12.8 Å². The first kappa shape index (κ1) is 24.2. The zero-order chi connectivity index (χ0) is 28.2. The Balaban J connectivity index is 1.30. The van der Waals surface area contributed by atoms with Crippen molar-refractivity contribution in [1.29, 1.82) is 10.5 Å². The molecule has 2 aliphatic rings. The maximum absolute atomic E-state index is 9.58. The molecular formula is C38H26N4. The van der Waals surface area contributed by atoms with Crippen molar-refractivity contribution in [3.05, 3.63) is 121 Å². The van der Waals surface area contributed by atoms with Crippen molar-refractivity contribution in [2.24, 2.45) is 11.8 Å². The maximum atomic E-state index is 9.58. The fourth-order valence-electron chi connectivity index (χ4n) is 6.76. The molecule has 0 spiro atoms. The van der Waals surface area contributed by atoms with E-state index in [2.05, 4.69) is 118 Å². The summed E-state index contributed by atoms with van der Waals surface area (Å²) >= 11 is 0. The van der Waals surface area contributed by atoms with E-state index in [4.69, 9.17) is 0 Å². The Morgan fingerprint density at radius 1 is 0.524 bits per heavy atom. The molecule has 198 valence electrons. The van der Waals surface area contributed by atoms with Crippen LogP contribution in [0.25, 0.3) is 66.1 Å². The Morgan fingerprint density at radius 3 is 1.40 bits per heavy atom. The van der Waals surface area contributed by atoms with E-state index in [0.29, 0.717) is 12.8 Å². The average molecular weight is 539 g/mol. The molecule has 0 radical (unpaired) electrons. The van der Waals surface area contributed by atoms with Gasteiger partial charge in [0, 0.05) is 45.8 Å². The number of aromatic nitrogens is 2. The summed E-state index contributed by atoms with van der Waals surface area (Å²) in [5.41, 5.74) is 9.24. The molecule has 2 atom stereocenters. The standard InChI is InChI=1S/C38H26N4/c39-23-25-7-5-9-29(19-25)41-35-13-3-1-11-31(35)33-21-27(15-17-37(33)41)28-16-18-38-34(22-28)32-12-2-4-14-36(32)42(38)30-10-6-8-26(20-30)24-40/h1-18,21-22,25-26H,19-20H2. The fourth-order valence-corrected chi connectivity index (χ4v) is 6.76. The molecule has 0 amide bonds. The third-order valence-electron chi connectivity index (χ3n) is 8.71. The first-order chi connectivity index (χ1) is 20.7. The van der Waals surface area contributed by atoms with E-state index >= 15 is 0 Å². The number of allylic oxidation sites excluding steroid dienone is 8. The second-order valence-corrected chi connectivity index (χ2v) is 11.1. The number of nitriles is 2. The molecule has 4 nitrogen and oxygen atoms in total. The monoisotopic (exact) mass is 538 g/mol. The number of nitrogens with zero attached hydrogens (tertiary/aromatic N) is 4. The Morgan fingerprint density at radius 2 is 0.952 bits per heavy atom. The van der Waals surface area contributed by atoms with Gasteiger partial charge in [-0.25, -0.2) is 0 Å². The third-order valence-corrected chi connectivity index (χ3v) is 8.71. The van der Waals surface area contributed by atoms with Crippen molar-refractivity contribution in [3.63, 3.8) is 0 Å². The van der Waals surface area contributed by atoms with Crippen LogP contribution in [-0.2, 0) is 0 Å². The number of para-hydroxylation sites is 2. The number of hydrogen-bond donors (Lipinski definition) is 0. The molecule has 0 aliphatic heterocycles. The van der Waals surface area contributed by atoms with E-state index < -0.39 is 0 Å². The highest BCUT2D eigenvalue weighted by atomic mass is 15.0. The van der Waals surface area contributed by atoms with Crippen LogP contribution in [0.3, 0.4) is 0 Å². The lowest BCUT2D eigenvalue weighted by Crippen LogP contribution is -2.05. The van der Waals surface area contributed by atoms with Gasteiger partial charge in [0.25, 0.3) is 0 Å². The van der Waals surface area contributed by atoms with E-state index in [1.54, 1.807) is 0 Å². The lowest BCUT2D eigenvalue weighted by Gasteiger charge is -2.17. The molecule has 0 saturated heterocycles. The SMILES string of the molecule is N#CC1C=CC=C(n2c3ccccc3c3cc(-c4ccc5c(c4)c4ccccc4n5C4=CC=CC(C#N)C4)ccc32)C1. The molecular weight excluding hydrogens is 512 g/mol. The number of rotatable bonds is 3. The topological polar surface area (TPSA) is 57.4 Å². The van der Waals surface area contributed by atoms with Crippen molar-refractivity contribution in [1.82, 2.24) is 9.13 Å². The maximum Gasteiger partial charge on any atom is 0.0701 e. The predicted molar refractivity (Wildman–Crippen MR) is 172 cm³/mol. The highest BCUT2D eigenvalue weighted by molar-refractivity contribution is 6.13. The molecule has 42 heavy (non-hydrogen) atoms. The summed E-state index contributed by atoms with van der Waals surface area (Å²) in [6, 6.07) is 35.4. The Hall–Kier alpha value is -5.58. The summed E-state index contributed by atoms with van der Waals surface area (Å²) in [7, 11) is 0. The van der Waals surface area contributed by atoms with Gasteiger partial charge in [-0.15, -0.1) is 0 Å². The smallest absolute Gasteiger partial charge is 0.0701 e. The molecule has 0 bridgehead atoms. The number of fused-ring (bicyclic) bond motifs is 6. The van der Waals surface area contributed by atoms with Crippen molar-refractivity contribution in [2.75, 3.05) is 0 Å². The molecule has 4 aromatic carbocycles. The van der Waals surface area contributed by atoms with Crippen LogP contribution in [0.4, 0.5) is 0 Å². The van der Waals surface area contributed by atoms with Gasteiger partial charge >= 0.3 is 0 Å². The van der Waals surface area contributed by atoms with E-state index in [1.807, 2.05) is 24.3 Å². The van der Waals surface area contributed by atoms with Gasteiger partial charge in [0.2, 0.25) is 0 Å². The molecule has 4 heteroatoms. The minimum atomic E-state index is -0.111. The van der Waals surface area contributed by atoms with Crippen molar-refractivity contribution >= 4 is 55.0 Å². The summed E-state index contributed by atoms with van der Waals surface area (Å²) in [4.78, 5) is 0. The van der Waals surface area contributed by atoms with E-state index in [0.717, 1.165) is 33.5 Å². The van der Waals surface area contributed by atoms with Crippen LogP contribution in [0.5, 0.6) is 0 Å². The highest BCUT2D eigenvalue weighted by Crippen LogP contribution is 2.40. The van der Waals surface area contributed by atoms with Crippen LogP contribution >= 0.6 is 0 Å². The lowest BCUT2D eigenvalue weighted by molar-refractivity contribution is 0.822. The summed E-state index contributed by atoms with van der Waals surface area (Å²) in [5, 5.41) is 24.0. The Bertz CT molecular complexity index is 2120. The molecule has 0 fully saturated rings. The zero-order valence-corrected chi connectivity index (χ0v) is 22.9. The average Bonchev–Trinajstić information content (AvgIpc) is 3.57. The summed E-state index contributed by atoms with van der Waals surface area (Å²) in [6.07, 6.45) is 13.6. The summed E-state index contributed by atoms with van der Waals surface area (Å²) < 4.78 is 4.64. The first-order valence-corrected chi connectivity index (χ1v) is 14.3. The second kappa shape index (κ2) is 9.51. The van der Waals surface area contributed by atoms with Crippen LogP contribution < -0.4 is 0 Å². The van der Waals surface area contributed by atoms with Gasteiger partial charge in [-0.2, -0.15) is 10.5 Å². The fraction of sp³-hybridized carbons (Fsp3) is 0.105. The van der Waals surface area contributed by atoms with Gasteiger partial charge in [0.15, 0.2) is 0 Å². The zero-order valence-electron chi connectivity index (χ0n) is 22.9. The quantitative estimate of drug-likeness (QED) is 0.225. The number of benzene rings is 4. The van der Waals surface area contributed by atoms with E-state index in [1.165, 1.54) is 32.7 Å². The van der Waals surface area contributed by atoms with E-state index in [-0.39, 0.29) is 11.8 Å². The Kier molecular flexibility index (Phi) is 5.49. The molecule has 2 heterocycles. The van der Waals surface area contributed by atoms with Crippen LogP contribution in [0.15, 0.2) is 121 Å². The summed E-state index contributed by atoms with van der Waals surface area (Å²) in [5.74, 6) is -0.221. The van der Waals surface area contributed by atoms with Gasteiger partial charge < -0.3 is 9.13 Å². The second-order valence-electron chi connectivity index (χ2n) is 11.1. The molecule has 6 aromatic rings. The normalized spacial score (nSPS) is 18.3. The van der Waals surface area contributed by atoms with E-state index in [9.17, 15) is 10.5 Å². The lowest BCUT2D eigenvalue weighted by atomic mass is 9.99. The van der Waals surface area contributed by atoms with Crippen LogP contribution in [0.2, 0.25) is 0 Å². The molecule has 8 rings (SSSR count). The minimum absolute atomic E-state index is 0.111.